The van der Waals surface area contributed by atoms with Gasteiger partial charge in [0.2, 0.25) is 5.91 Å². The van der Waals surface area contributed by atoms with Crippen molar-refractivity contribution in [3.05, 3.63) is 35.4 Å². The summed E-state index contributed by atoms with van der Waals surface area (Å²) in [6.45, 7) is 3.81. The molecule has 1 atom stereocenters. The molecule has 25 heavy (non-hydrogen) atoms. The van der Waals surface area contributed by atoms with E-state index in [4.69, 9.17) is 5.11 Å². The lowest BCUT2D eigenvalue weighted by Gasteiger charge is -2.28. The molecule has 8 heteroatoms. The lowest BCUT2D eigenvalue weighted by molar-refractivity contribution is -0.134. The van der Waals surface area contributed by atoms with Crippen molar-refractivity contribution in [2.45, 2.75) is 19.9 Å². The molecule has 2 rings (SSSR count). The molecule has 0 aromatic heterocycles. The maximum absolute atomic E-state index is 12.6. The van der Waals surface area contributed by atoms with Crippen molar-refractivity contribution in [3.63, 3.8) is 0 Å². The summed E-state index contributed by atoms with van der Waals surface area (Å²) in [7, 11) is 0. The van der Waals surface area contributed by atoms with Crippen LogP contribution in [0.25, 0.3) is 0 Å². The number of carbonyl (C=O) groups is 4. The van der Waals surface area contributed by atoms with Gasteiger partial charge in [-0.15, -0.1) is 11.8 Å². The van der Waals surface area contributed by atoms with Gasteiger partial charge in [0.15, 0.2) is 0 Å². The number of aliphatic carboxylic acids is 1. The quantitative estimate of drug-likeness (QED) is 0.531. The number of carbonyl (C=O) groups excluding carboxylic acids is 3. The third-order valence-electron chi connectivity index (χ3n) is 3.77. The van der Waals surface area contributed by atoms with Crippen molar-refractivity contribution < 1.29 is 24.3 Å². The van der Waals surface area contributed by atoms with Gasteiger partial charge in [0.25, 0.3) is 11.8 Å². The van der Waals surface area contributed by atoms with Gasteiger partial charge in [0.05, 0.1) is 16.9 Å². The smallest absolute Gasteiger partial charge is 0.313 e. The van der Waals surface area contributed by atoms with Crippen LogP contribution in [0.1, 0.15) is 34.6 Å². The maximum atomic E-state index is 12.6. The van der Waals surface area contributed by atoms with E-state index in [0.29, 0.717) is 16.9 Å². The second-order valence-electron chi connectivity index (χ2n) is 5.95. The molecular weight excluding hydrogens is 344 g/mol. The number of carboxylic acid groups (broad SMARTS) is 1. The minimum absolute atomic E-state index is 0.0398. The molecule has 2 N–H and O–H groups in total. The Morgan fingerprint density at radius 2 is 1.72 bits per heavy atom. The fraction of sp³-hybridized carbons (Fsp3) is 0.412. The first-order valence-corrected chi connectivity index (χ1v) is 9.04. The van der Waals surface area contributed by atoms with E-state index in [1.807, 2.05) is 0 Å². The van der Waals surface area contributed by atoms with Gasteiger partial charge in [-0.25, -0.2) is 0 Å². The predicted molar refractivity (Wildman–Crippen MR) is 93.5 cm³/mol. The summed E-state index contributed by atoms with van der Waals surface area (Å²) >= 11 is 1.18. The Balaban J connectivity index is 2.06. The first-order valence-electron chi connectivity index (χ1n) is 7.88. The SMILES string of the molecule is CC(C)C(C(=O)NCCSCC(=O)O)N1C(=O)c2ccccc2C1=O. The fourth-order valence-electron chi connectivity index (χ4n) is 2.69. The first kappa shape index (κ1) is 19.0. The summed E-state index contributed by atoms with van der Waals surface area (Å²) in [4.78, 5) is 49.1. The summed E-state index contributed by atoms with van der Waals surface area (Å²) in [5.74, 6) is -2.12. The third-order valence-corrected chi connectivity index (χ3v) is 4.72. The van der Waals surface area contributed by atoms with Gasteiger partial charge in [-0.1, -0.05) is 26.0 Å². The van der Waals surface area contributed by atoms with Crippen molar-refractivity contribution in [3.8, 4) is 0 Å². The number of nitrogens with zero attached hydrogens (tertiary/aromatic N) is 1. The molecule has 134 valence electrons. The Labute approximate surface area is 149 Å². The molecule has 0 saturated carbocycles. The van der Waals surface area contributed by atoms with E-state index in [-0.39, 0.29) is 18.2 Å². The number of carboxylic acids is 1. The Hall–Kier alpha value is -2.35. The van der Waals surface area contributed by atoms with E-state index in [2.05, 4.69) is 5.32 Å². The van der Waals surface area contributed by atoms with E-state index in [9.17, 15) is 19.2 Å². The standard InChI is InChI=1S/C17H20N2O5S/c1-10(2)14(15(22)18-7-8-25-9-13(20)21)19-16(23)11-5-3-4-6-12(11)17(19)24/h3-6,10,14H,7-9H2,1-2H3,(H,18,22)(H,20,21). The monoisotopic (exact) mass is 364 g/mol. The molecule has 0 fully saturated rings. The highest BCUT2D eigenvalue weighted by Gasteiger charge is 2.43. The third kappa shape index (κ3) is 4.19. The van der Waals surface area contributed by atoms with Crippen LogP contribution in [0.3, 0.4) is 0 Å². The normalized spacial score (nSPS) is 14.6. The molecule has 0 spiro atoms. The van der Waals surface area contributed by atoms with Crippen LogP contribution < -0.4 is 5.32 Å². The van der Waals surface area contributed by atoms with Crippen LogP contribution >= 0.6 is 11.8 Å². The van der Waals surface area contributed by atoms with Crippen LogP contribution in [0.5, 0.6) is 0 Å². The number of fused-ring (bicyclic) bond motifs is 1. The minimum atomic E-state index is -0.914. The molecule has 1 aliphatic heterocycles. The number of rotatable bonds is 8. The van der Waals surface area contributed by atoms with Crippen molar-refractivity contribution in [2.75, 3.05) is 18.1 Å². The summed E-state index contributed by atoms with van der Waals surface area (Å²) in [5, 5.41) is 11.3. The van der Waals surface area contributed by atoms with Gasteiger partial charge < -0.3 is 10.4 Å². The van der Waals surface area contributed by atoms with Gasteiger partial charge in [0, 0.05) is 12.3 Å². The van der Waals surface area contributed by atoms with Gasteiger partial charge in [0.1, 0.15) is 6.04 Å². The molecular formula is C17H20N2O5S. The molecule has 1 aromatic carbocycles. The lowest BCUT2D eigenvalue weighted by Crippen LogP contribution is -2.52. The van der Waals surface area contributed by atoms with Crippen LogP contribution in [0, 0.1) is 5.92 Å². The van der Waals surface area contributed by atoms with Crippen LogP contribution in [-0.2, 0) is 9.59 Å². The summed E-state index contributed by atoms with van der Waals surface area (Å²) < 4.78 is 0. The minimum Gasteiger partial charge on any atom is -0.481 e. The number of nitrogens with one attached hydrogen (secondary N) is 1. The molecule has 1 aromatic rings. The molecule has 0 aliphatic carbocycles. The topological polar surface area (TPSA) is 104 Å². The Kier molecular flexibility index (Phi) is 6.19. The van der Waals surface area contributed by atoms with E-state index >= 15 is 0 Å². The zero-order chi connectivity index (χ0) is 18.6. The lowest BCUT2D eigenvalue weighted by atomic mass is 10.0. The Morgan fingerprint density at radius 1 is 1.16 bits per heavy atom. The summed E-state index contributed by atoms with van der Waals surface area (Å²) in [5.41, 5.74) is 0.617. The van der Waals surface area contributed by atoms with Crippen molar-refractivity contribution in [1.82, 2.24) is 10.2 Å². The van der Waals surface area contributed by atoms with Gasteiger partial charge in [-0.2, -0.15) is 0 Å². The van der Waals surface area contributed by atoms with Crippen molar-refractivity contribution in [1.29, 1.82) is 0 Å². The average Bonchev–Trinajstić information content (AvgIpc) is 2.80. The number of benzene rings is 1. The average molecular weight is 364 g/mol. The predicted octanol–water partition coefficient (Wildman–Crippen LogP) is 1.24. The molecule has 1 aliphatic rings. The van der Waals surface area contributed by atoms with Crippen LogP contribution in [0.15, 0.2) is 24.3 Å². The second-order valence-corrected chi connectivity index (χ2v) is 7.06. The molecule has 7 nitrogen and oxygen atoms in total. The number of thioether (sulfide) groups is 1. The van der Waals surface area contributed by atoms with Crippen molar-refractivity contribution >= 4 is 35.5 Å². The molecule has 0 bridgehead atoms. The van der Waals surface area contributed by atoms with E-state index in [1.54, 1.807) is 38.1 Å². The summed E-state index contributed by atoms with van der Waals surface area (Å²) in [6.07, 6.45) is 0. The zero-order valence-electron chi connectivity index (χ0n) is 14.0. The maximum Gasteiger partial charge on any atom is 0.313 e. The highest BCUT2D eigenvalue weighted by molar-refractivity contribution is 7.99. The highest BCUT2D eigenvalue weighted by Crippen LogP contribution is 2.27. The van der Waals surface area contributed by atoms with Gasteiger partial charge in [-0.05, 0) is 18.1 Å². The van der Waals surface area contributed by atoms with E-state index in [0.717, 1.165) is 4.90 Å². The first-order chi connectivity index (χ1) is 11.8. The number of imide groups is 1. The van der Waals surface area contributed by atoms with Gasteiger partial charge >= 0.3 is 5.97 Å². The molecule has 0 saturated heterocycles. The van der Waals surface area contributed by atoms with Crippen LogP contribution in [0.4, 0.5) is 0 Å². The second kappa shape index (κ2) is 8.15. The molecule has 0 radical (unpaired) electrons. The number of hydrogen-bond acceptors (Lipinski definition) is 5. The van der Waals surface area contributed by atoms with E-state index in [1.165, 1.54) is 11.8 Å². The largest absolute Gasteiger partial charge is 0.481 e. The van der Waals surface area contributed by atoms with Crippen LogP contribution in [0.2, 0.25) is 0 Å². The van der Waals surface area contributed by atoms with Crippen LogP contribution in [-0.4, -0.2) is 57.8 Å². The number of amides is 3. The van der Waals surface area contributed by atoms with Gasteiger partial charge in [-0.3, -0.25) is 24.1 Å². The molecule has 1 heterocycles. The number of hydrogen-bond donors (Lipinski definition) is 2. The Morgan fingerprint density at radius 3 is 2.20 bits per heavy atom. The highest BCUT2D eigenvalue weighted by atomic mass is 32.2. The summed E-state index contributed by atoms with van der Waals surface area (Å²) in [6, 6.07) is 5.60. The molecule has 1 unspecified atom stereocenters. The van der Waals surface area contributed by atoms with E-state index < -0.39 is 29.7 Å². The zero-order valence-corrected chi connectivity index (χ0v) is 14.8. The van der Waals surface area contributed by atoms with Crippen molar-refractivity contribution in [2.24, 2.45) is 5.92 Å². The Bertz CT molecular complexity index is 669. The fourth-order valence-corrected chi connectivity index (χ4v) is 3.25. The molecule has 3 amide bonds.